The minimum atomic E-state index is 0.425. The number of ether oxygens (including phenoxy) is 2. The van der Waals surface area contributed by atoms with Gasteiger partial charge in [0, 0.05) is 52.1 Å². The van der Waals surface area contributed by atoms with Crippen LogP contribution in [-0.2, 0) is 9.47 Å². The lowest BCUT2D eigenvalue weighted by Gasteiger charge is -2.20. The van der Waals surface area contributed by atoms with Crippen LogP contribution in [0.5, 0.6) is 0 Å². The zero-order valence-corrected chi connectivity index (χ0v) is 14.8. The second-order valence-corrected chi connectivity index (χ2v) is 5.87. The van der Waals surface area contributed by atoms with E-state index in [4.69, 9.17) is 9.47 Å². The molecule has 1 atom stereocenters. The average molecular weight is 334 g/mol. The molecule has 134 valence electrons. The van der Waals surface area contributed by atoms with Crippen LogP contribution in [0.4, 0.5) is 5.69 Å². The van der Waals surface area contributed by atoms with Crippen molar-refractivity contribution in [3.05, 3.63) is 30.3 Å². The Hall–Kier alpha value is -1.79. The van der Waals surface area contributed by atoms with Gasteiger partial charge in [0.1, 0.15) is 0 Å². The van der Waals surface area contributed by atoms with Crippen LogP contribution in [0.1, 0.15) is 12.8 Å². The zero-order valence-electron chi connectivity index (χ0n) is 14.8. The number of benzene rings is 1. The number of rotatable bonds is 9. The Kier molecular flexibility index (Phi) is 8.41. The van der Waals surface area contributed by atoms with E-state index in [1.165, 1.54) is 5.69 Å². The van der Waals surface area contributed by atoms with Gasteiger partial charge in [0.15, 0.2) is 5.96 Å². The van der Waals surface area contributed by atoms with Gasteiger partial charge in [-0.25, -0.2) is 0 Å². The number of hydrogen-bond acceptors (Lipinski definition) is 4. The largest absolute Gasteiger partial charge is 0.382 e. The van der Waals surface area contributed by atoms with E-state index < -0.39 is 0 Å². The minimum Gasteiger partial charge on any atom is -0.382 e. The van der Waals surface area contributed by atoms with Crippen LogP contribution in [0, 0.1) is 0 Å². The molecule has 6 nitrogen and oxygen atoms in total. The number of nitrogens with zero attached hydrogens (tertiary/aromatic N) is 2. The fraction of sp³-hybridized carbons (Fsp3) is 0.611. The number of para-hydroxylation sites is 1. The summed E-state index contributed by atoms with van der Waals surface area (Å²) in [4.78, 5) is 6.72. The molecule has 0 bridgehead atoms. The predicted octanol–water partition coefficient (Wildman–Crippen LogP) is 1.48. The summed E-state index contributed by atoms with van der Waals surface area (Å²) in [5, 5.41) is 6.86. The van der Waals surface area contributed by atoms with Crippen LogP contribution in [0.25, 0.3) is 0 Å². The molecule has 1 saturated heterocycles. The summed E-state index contributed by atoms with van der Waals surface area (Å²) in [6.45, 7) is 4.97. The number of nitrogens with one attached hydrogen (secondary N) is 2. The molecular weight excluding hydrogens is 304 g/mol. The van der Waals surface area contributed by atoms with Crippen molar-refractivity contribution in [2.75, 3.05) is 58.5 Å². The van der Waals surface area contributed by atoms with Gasteiger partial charge in [-0.1, -0.05) is 18.2 Å². The van der Waals surface area contributed by atoms with E-state index in [-0.39, 0.29) is 0 Å². The van der Waals surface area contributed by atoms with Gasteiger partial charge in [-0.3, -0.25) is 4.99 Å². The van der Waals surface area contributed by atoms with Gasteiger partial charge in [0.25, 0.3) is 0 Å². The molecule has 0 spiro atoms. The van der Waals surface area contributed by atoms with Crippen molar-refractivity contribution in [2.24, 2.45) is 4.99 Å². The highest BCUT2D eigenvalue weighted by Gasteiger charge is 2.23. The van der Waals surface area contributed by atoms with Crippen molar-refractivity contribution >= 4 is 11.6 Å². The number of anilines is 1. The van der Waals surface area contributed by atoms with Gasteiger partial charge in [0.05, 0.1) is 13.2 Å². The van der Waals surface area contributed by atoms with E-state index in [2.05, 4.69) is 50.9 Å². The first kappa shape index (κ1) is 18.5. The summed E-state index contributed by atoms with van der Waals surface area (Å²) >= 11 is 0. The Morgan fingerprint density at radius 1 is 1.25 bits per heavy atom. The summed E-state index contributed by atoms with van der Waals surface area (Å²) in [5.74, 6) is 0.867. The van der Waals surface area contributed by atoms with Crippen molar-refractivity contribution in [3.63, 3.8) is 0 Å². The molecule has 6 heteroatoms. The highest BCUT2D eigenvalue weighted by Crippen LogP contribution is 2.19. The number of hydrogen-bond donors (Lipinski definition) is 2. The first-order chi connectivity index (χ1) is 11.8. The van der Waals surface area contributed by atoms with Crippen molar-refractivity contribution in [1.82, 2.24) is 10.6 Å². The van der Waals surface area contributed by atoms with Crippen LogP contribution >= 0.6 is 0 Å². The van der Waals surface area contributed by atoms with Gasteiger partial charge in [0.2, 0.25) is 0 Å². The summed E-state index contributed by atoms with van der Waals surface area (Å²) in [6, 6.07) is 11.0. The number of aliphatic imine (C=N–C) groups is 1. The van der Waals surface area contributed by atoms with E-state index in [1.807, 2.05) is 7.05 Å². The maximum atomic E-state index is 5.45. The molecule has 1 heterocycles. The minimum absolute atomic E-state index is 0.425. The molecule has 1 fully saturated rings. The molecule has 24 heavy (non-hydrogen) atoms. The Bertz CT molecular complexity index is 481. The van der Waals surface area contributed by atoms with E-state index >= 15 is 0 Å². The molecule has 0 amide bonds. The topological polar surface area (TPSA) is 58.1 Å². The summed E-state index contributed by atoms with van der Waals surface area (Å²) in [7, 11) is 3.50. The summed E-state index contributed by atoms with van der Waals surface area (Å²) < 4.78 is 10.4. The Morgan fingerprint density at radius 2 is 2.08 bits per heavy atom. The third-order valence-electron chi connectivity index (χ3n) is 4.06. The first-order valence-corrected chi connectivity index (χ1v) is 8.67. The molecule has 2 N–H and O–H groups in total. The molecule has 2 rings (SSSR count). The van der Waals surface area contributed by atoms with Gasteiger partial charge in [-0.05, 0) is 25.0 Å². The maximum absolute atomic E-state index is 5.45. The molecule has 0 saturated carbocycles. The normalized spacial score (nSPS) is 18.0. The fourth-order valence-electron chi connectivity index (χ4n) is 2.76. The van der Waals surface area contributed by atoms with E-state index in [0.717, 1.165) is 45.0 Å². The van der Waals surface area contributed by atoms with Gasteiger partial charge >= 0.3 is 0 Å². The highest BCUT2D eigenvalue weighted by atomic mass is 16.5. The van der Waals surface area contributed by atoms with E-state index in [0.29, 0.717) is 19.3 Å². The van der Waals surface area contributed by atoms with Gasteiger partial charge < -0.3 is 25.0 Å². The SMILES string of the molecule is CN=C(NCCCOCCOC)NC1CCN(c2ccccc2)C1. The molecule has 0 aliphatic carbocycles. The summed E-state index contributed by atoms with van der Waals surface area (Å²) in [5.41, 5.74) is 1.29. The molecule has 1 aromatic rings. The highest BCUT2D eigenvalue weighted by molar-refractivity contribution is 5.80. The van der Waals surface area contributed by atoms with Crippen LogP contribution in [0.2, 0.25) is 0 Å². The van der Waals surface area contributed by atoms with Crippen LogP contribution in [-0.4, -0.2) is 65.6 Å². The quantitative estimate of drug-likeness (QED) is 0.407. The third kappa shape index (κ3) is 6.37. The monoisotopic (exact) mass is 334 g/mol. The molecule has 1 aromatic carbocycles. The van der Waals surface area contributed by atoms with Crippen molar-refractivity contribution < 1.29 is 9.47 Å². The van der Waals surface area contributed by atoms with Crippen LogP contribution < -0.4 is 15.5 Å². The van der Waals surface area contributed by atoms with Crippen LogP contribution in [0.15, 0.2) is 35.3 Å². The van der Waals surface area contributed by atoms with Gasteiger partial charge in [-0.15, -0.1) is 0 Å². The average Bonchev–Trinajstić information content (AvgIpc) is 3.09. The second-order valence-electron chi connectivity index (χ2n) is 5.87. The first-order valence-electron chi connectivity index (χ1n) is 8.67. The lowest BCUT2D eigenvalue weighted by atomic mass is 10.3. The Balaban J connectivity index is 1.63. The van der Waals surface area contributed by atoms with E-state index in [9.17, 15) is 0 Å². The lowest BCUT2D eigenvalue weighted by molar-refractivity contribution is 0.0698. The zero-order chi connectivity index (χ0) is 17.0. The summed E-state index contributed by atoms with van der Waals surface area (Å²) in [6.07, 6.45) is 2.07. The predicted molar refractivity (Wildman–Crippen MR) is 98.9 cm³/mol. The number of guanidine groups is 1. The lowest BCUT2D eigenvalue weighted by Crippen LogP contribution is -2.45. The second kappa shape index (κ2) is 10.9. The fourth-order valence-corrected chi connectivity index (χ4v) is 2.76. The molecular formula is C18H30N4O2. The Morgan fingerprint density at radius 3 is 2.83 bits per heavy atom. The standard InChI is InChI=1S/C18H30N4O2/c1-19-18(20-10-6-12-24-14-13-23-2)21-16-9-11-22(15-16)17-7-4-3-5-8-17/h3-5,7-8,16H,6,9-15H2,1-2H3,(H2,19,20,21). The molecule has 1 aliphatic rings. The van der Waals surface area contributed by atoms with Crippen molar-refractivity contribution in [3.8, 4) is 0 Å². The maximum Gasteiger partial charge on any atom is 0.191 e. The molecule has 1 aliphatic heterocycles. The molecule has 0 aromatic heterocycles. The molecule has 1 unspecified atom stereocenters. The Labute approximate surface area is 145 Å². The third-order valence-corrected chi connectivity index (χ3v) is 4.06. The van der Waals surface area contributed by atoms with Crippen molar-refractivity contribution in [1.29, 1.82) is 0 Å². The van der Waals surface area contributed by atoms with Crippen molar-refractivity contribution in [2.45, 2.75) is 18.9 Å². The smallest absolute Gasteiger partial charge is 0.191 e. The van der Waals surface area contributed by atoms with Crippen LogP contribution in [0.3, 0.4) is 0 Å². The van der Waals surface area contributed by atoms with E-state index in [1.54, 1.807) is 7.11 Å². The van der Waals surface area contributed by atoms with Gasteiger partial charge in [-0.2, -0.15) is 0 Å². The molecule has 0 radical (unpaired) electrons. The number of methoxy groups -OCH3 is 1.